The van der Waals surface area contributed by atoms with Gasteiger partial charge >= 0.3 is 0 Å². The Labute approximate surface area is 134 Å². The zero-order valence-corrected chi connectivity index (χ0v) is 13.2. The summed E-state index contributed by atoms with van der Waals surface area (Å²) in [6, 6.07) is 9.49. The van der Waals surface area contributed by atoms with Crippen molar-refractivity contribution in [2.24, 2.45) is 0 Å². The maximum absolute atomic E-state index is 12.2. The Balaban J connectivity index is 2.34. The average molecular weight is 314 g/mol. The second-order valence-electron chi connectivity index (χ2n) is 4.69. The molecule has 2 rings (SSSR count). The SMILES string of the molecule is COc1cc(OC)c(/C=C/C(=O)c2ccc(O)cc2)c(OC)c1. The summed E-state index contributed by atoms with van der Waals surface area (Å²) in [6.45, 7) is 0. The summed E-state index contributed by atoms with van der Waals surface area (Å²) >= 11 is 0. The highest BCUT2D eigenvalue weighted by Gasteiger charge is 2.11. The van der Waals surface area contributed by atoms with Crippen LogP contribution in [0.4, 0.5) is 0 Å². The van der Waals surface area contributed by atoms with Crippen molar-refractivity contribution in [2.75, 3.05) is 21.3 Å². The molecule has 0 aliphatic rings. The third kappa shape index (κ3) is 3.83. The van der Waals surface area contributed by atoms with Crippen molar-refractivity contribution in [3.8, 4) is 23.0 Å². The van der Waals surface area contributed by atoms with Crippen LogP contribution in [0, 0.1) is 0 Å². The first-order chi connectivity index (χ1) is 11.1. The van der Waals surface area contributed by atoms with E-state index in [1.165, 1.54) is 32.4 Å². The first-order valence-corrected chi connectivity index (χ1v) is 6.90. The third-order valence-electron chi connectivity index (χ3n) is 3.31. The number of carbonyl (C=O) groups is 1. The van der Waals surface area contributed by atoms with E-state index in [1.54, 1.807) is 37.5 Å². The summed E-state index contributed by atoms with van der Waals surface area (Å²) in [4.78, 5) is 12.2. The standard InChI is InChI=1S/C18H18O5/c1-21-14-10-17(22-2)15(18(11-14)23-3)8-9-16(20)12-4-6-13(19)7-5-12/h4-11,19H,1-3H3/b9-8+. The van der Waals surface area contributed by atoms with Gasteiger partial charge in [0.05, 0.1) is 26.9 Å². The van der Waals surface area contributed by atoms with E-state index in [1.807, 2.05) is 0 Å². The van der Waals surface area contributed by atoms with Gasteiger partial charge in [-0.25, -0.2) is 0 Å². The topological polar surface area (TPSA) is 65.0 Å². The summed E-state index contributed by atoms with van der Waals surface area (Å²) in [7, 11) is 4.62. The minimum atomic E-state index is -0.190. The van der Waals surface area contributed by atoms with Crippen molar-refractivity contribution in [1.29, 1.82) is 0 Å². The number of phenols is 1. The number of benzene rings is 2. The van der Waals surface area contributed by atoms with E-state index in [9.17, 15) is 9.90 Å². The number of carbonyl (C=O) groups excluding carboxylic acids is 1. The number of aromatic hydroxyl groups is 1. The van der Waals surface area contributed by atoms with E-state index >= 15 is 0 Å². The first-order valence-electron chi connectivity index (χ1n) is 6.90. The van der Waals surface area contributed by atoms with Gasteiger partial charge in [-0.05, 0) is 36.4 Å². The number of hydrogen-bond donors (Lipinski definition) is 1. The van der Waals surface area contributed by atoms with Crippen molar-refractivity contribution < 1.29 is 24.1 Å². The number of phenolic OH excluding ortho intramolecular Hbond substituents is 1. The second kappa shape index (κ2) is 7.35. The van der Waals surface area contributed by atoms with Gasteiger partial charge in [-0.1, -0.05) is 0 Å². The van der Waals surface area contributed by atoms with Crippen LogP contribution in [0.3, 0.4) is 0 Å². The van der Waals surface area contributed by atoms with Crippen LogP contribution in [0.15, 0.2) is 42.5 Å². The van der Waals surface area contributed by atoms with Gasteiger partial charge in [-0.3, -0.25) is 4.79 Å². The van der Waals surface area contributed by atoms with E-state index in [-0.39, 0.29) is 11.5 Å². The molecule has 0 spiro atoms. The predicted molar refractivity (Wildman–Crippen MR) is 87.6 cm³/mol. The lowest BCUT2D eigenvalue weighted by atomic mass is 10.1. The van der Waals surface area contributed by atoms with Crippen LogP contribution in [-0.4, -0.2) is 32.2 Å². The van der Waals surface area contributed by atoms with Crippen LogP contribution in [-0.2, 0) is 0 Å². The normalized spacial score (nSPS) is 10.6. The fourth-order valence-corrected chi connectivity index (χ4v) is 2.08. The maximum Gasteiger partial charge on any atom is 0.185 e. The van der Waals surface area contributed by atoms with Gasteiger partial charge in [0.2, 0.25) is 0 Å². The molecule has 0 radical (unpaired) electrons. The largest absolute Gasteiger partial charge is 0.508 e. The van der Waals surface area contributed by atoms with Crippen LogP contribution in [0.1, 0.15) is 15.9 Å². The average Bonchev–Trinajstić information content (AvgIpc) is 2.59. The molecule has 0 saturated carbocycles. The second-order valence-corrected chi connectivity index (χ2v) is 4.69. The lowest BCUT2D eigenvalue weighted by molar-refractivity contribution is 0.104. The molecule has 5 heteroatoms. The van der Waals surface area contributed by atoms with Gasteiger partial charge in [0.15, 0.2) is 5.78 Å². The zero-order chi connectivity index (χ0) is 16.8. The molecule has 0 atom stereocenters. The van der Waals surface area contributed by atoms with Crippen LogP contribution >= 0.6 is 0 Å². The minimum absolute atomic E-state index is 0.115. The van der Waals surface area contributed by atoms with E-state index in [4.69, 9.17) is 14.2 Å². The van der Waals surface area contributed by atoms with Gasteiger partial charge in [0, 0.05) is 17.7 Å². The maximum atomic E-state index is 12.2. The van der Waals surface area contributed by atoms with E-state index < -0.39 is 0 Å². The third-order valence-corrected chi connectivity index (χ3v) is 3.31. The molecule has 0 amide bonds. The van der Waals surface area contributed by atoms with E-state index in [0.717, 1.165) is 0 Å². The lowest BCUT2D eigenvalue weighted by Crippen LogP contribution is -1.96. The number of ketones is 1. The van der Waals surface area contributed by atoms with E-state index in [0.29, 0.717) is 28.4 Å². The highest BCUT2D eigenvalue weighted by molar-refractivity contribution is 6.07. The Morgan fingerprint density at radius 3 is 2.00 bits per heavy atom. The molecule has 0 aliphatic carbocycles. The van der Waals surface area contributed by atoms with Gasteiger partial charge in [0.25, 0.3) is 0 Å². The van der Waals surface area contributed by atoms with Crippen LogP contribution in [0.25, 0.3) is 6.08 Å². The quantitative estimate of drug-likeness (QED) is 0.654. The molecular weight excluding hydrogens is 296 g/mol. The van der Waals surface area contributed by atoms with Gasteiger partial charge in [0.1, 0.15) is 23.0 Å². The summed E-state index contributed by atoms with van der Waals surface area (Å²) in [6.07, 6.45) is 3.06. The lowest BCUT2D eigenvalue weighted by Gasteiger charge is -2.12. The highest BCUT2D eigenvalue weighted by Crippen LogP contribution is 2.35. The smallest absolute Gasteiger partial charge is 0.185 e. The Bertz CT molecular complexity index is 692. The van der Waals surface area contributed by atoms with Crippen LogP contribution < -0.4 is 14.2 Å². The Hall–Kier alpha value is -2.95. The molecule has 0 fully saturated rings. The Morgan fingerprint density at radius 2 is 1.52 bits per heavy atom. The van der Waals surface area contributed by atoms with Crippen molar-refractivity contribution in [3.63, 3.8) is 0 Å². The minimum Gasteiger partial charge on any atom is -0.508 e. The van der Waals surface area contributed by atoms with Crippen molar-refractivity contribution >= 4 is 11.9 Å². The van der Waals surface area contributed by atoms with Gasteiger partial charge in [-0.2, -0.15) is 0 Å². The van der Waals surface area contributed by atoms with Crippen molar-refractivity contribution in [3.05, 3.63) is 53.6 Å². The van der Waals surface area contributed by atoms with Gasteiger partial charge < -0.3 is 19.3 Å². The number of rotatable bonds is 6. The summed E-state index contributed by atoms with van der Waals surface area (Å²) < 4.78 is 15.8. The molecule has 0 unspecified atom stereocenters. The summed E-state index contributed by atoms with van der Waals surface area (Å²) in [5.41, 5.74) is 1.12. The zero-order valence-electron chi connectivity index (χ0n) is 13.2. The molecule has 0 bridgehead atoms. The molecule has 0 saturated heterocycles. The molecule has 120 valence electrons. The predicted octanol–water partition coefficient (Wildman–Crippen LogP) is 3.31. The molecule has 23 heavy (non-hydrogen) atoms. The highest BCUT2D eigenvalue weighted by atomic mass is 16.5. The fourth-order valence-electron chi connectivity index (χ4n) is 2.08. The molecule has 2 aromatic rings. The Morgan fingerprint density at radius 1 is 0.957 bits per heavy atom. The fraction of sp³-hybridized carbons (Fsp3) is 0.167. The Kier molecular flexibility index (Phi) is 5.25. The van der Waals surface area contributed by atoms with Crippen molar-refractivity contribution in [2.45, 2.75) is 0 Å². The number of methoxy groups -OCH3 is 3. The number of allylic oxidation sites excluding steroid dienone is 1. The summed E-state index contributed by atoms with van der Waals surface area (Å²) in [5, 5.41) is 9.26. The van der Waals surface area contributed by atoms with Crippen LogP contribution in [0.2, 0.25) is 0 Å². The molecule has 0 heterocycles. The summed E-state index contributed by atoms with van der Waals surface area (Å²) in [5.74, 6) is 1.60. The molecule has 0 aliphatic heterocycles. The number of hydrogen-bond acceptors (Lipinski definition) is 5. The first kappa shape index (κ1) is 16.4. The van der Waals surface area contributed by atoms with Gasteiger partial charge in [-0.15, -0.1) is 0 Å². The molecular formula is C18H18O5. The molecule has 1 N–H and O–H groups in total. The van der Waals surface area contributed by atoms with E-state index in [2.05, 4.69) is 0 Å². The van der Waals surface area contributed by atoms with Crippen LogP contribution in [0.5, 0.6) is 23.0 Å². The van der Waals surface area contributed by atoms with Crippen molar-refractivity contribution in [1.82, 2.24) is 0 Å². The molecule has 0 aromatic heterocycles. The molecule has 2 aromatic carbocycles. The molecule has 5 nitrogen and oxygen atoms in total. The monoisotopic (exact) mass is 314 g/mol. The number of ether oxygens (including phenoxy) is 3.